The molecule has 0 atom stereocenters. The third-order valence-corrected chi connectivity index (χ3v) is 8.59. The van der Waals surface area contributed by atoms with Crippen molar-refractivity contribution in [2.75, 3.05) is 74.1 Å². The first-order valence-corrected chi connectivity index (χ1v) is 16.2. The van der Waals surface area contributed by atoms with Crippen LogP contribution in [0.4, 0.5) is 0 Å². The van der Waals surface area contributed by atoms with Gasteiger partial charge in [0.25, 0.3) is 11.8 Å². The van der Waals surface area contributed by atoms with Gasteiger partial charge >= 0.3 is 0 Å². The molecule has 0 spiro atoms. The second-order valence-electron chi connectivity index (χ2n) is 14.5. The second-order valence-corrected chi connectivity index (χ2v) is 14.5. The highest BCUT2D eigenvalue weighted by atomic mass is 16.7. The number of carbonyl (C=O) groups is 2. The summed E-state index contributed by atoms with van der Waals surface area (Å²) in [4.78, 5) is 33.2. The van der Waals surface area contributed by atoms with E-state index in [-0.39, 0.29) is 17.2 Å². The van der Waals surface area contributed by atoms with Gasteiger partial charge in [-0.25, -0.2) is 0 Å². The lowest BCUT2D eigenvalue weighted by atomic mass is 9.88. The Morgan fingerprint density at radius 1 is 0.864 bits per heavy atom. The Morgan fingerprint density at radius 3 is 2.05 bits per heavy atom. The van der Waals surface area contributed by atoms with Crippen LogP contribution in [0.15, 0.2) is 41.6 Å². The number of imide groups is 1. The van der Waals surface area contributed by atoms with Crippen molar-refractivity contribution in [1.82, 2.24) is 4.90 Å². The van der Waals surface area contributed by atoms with Gasteiger partial charge in [-0.05, 0) is 49.1 Å². The molecule has 0 aromatic heterocycles. The molecule has 2 aromatic carbocycles. The molecule has 0 radical (unpaired) electrons. The zero-order chi connectivity index (χ0) is 31.8. The number of nitrogens with zero attached hydrogens (tertiary/aromatic N) is 4. The molecule has 2 aliphatic rings. The largest absolute Gasteiger partial charge is 0.465 e. The summed E-state index contributed by atoms with van der Waals surface area (Å²) in [5.41, 5.74) is 1.05. The van der Waals surface area contributed by atoms with E-state index in [1.165, 1.54) is 43.4 Å². The predicted molar refractivity (Wildman–Crippen MR) is 176 cm³/mol. The zero-order valence-electron chi connectivity index (χ0n) is 27.8. The molecule has 2 amide bonds. The molecule has 8 nitrogen and oxygen atoms in total. The van der Waals surface area contributed by atoms with Crippen molar-refractivity contribution in [1.29, 1.82) is 0 Å². The number of amides is 2. The molecule has 238 valence electrons. The normalized spacial score (nSPS) is 15.2. The summed E-state index contributed by atoms with van der Waals surface area (Å²) in [6.07, 6.45) is 8.11. The van der Waals surface area contributed by atoms with Crippen molar-refractivity contribution in [2.45, 2.75) is 58.8 Å². The highest BCUT2D eigenvalue weighted by Crippen LogP contribution is 2.32. The highest BCUT2D eigenvalue weighted by molar-refractivity contribution is 6.25. The van der Waals surface area contributed by atoms with E-state index < -0.39 is 0 Å². The minimum Gasteiger partial charge on any atom is -0.465 e. The van der Waals surface area contributed by atoms with E-state index in [1.807, 2.05) is 36.4 Å². The Kier molecular flexibility index (Phi) is 11.1. The van der Waals surface area contributed by atoms with Crippen molar-refractivity contribution in [3.05, 3.63) is 47.5 Å². The van der Waals surface area contributed by atoms with Gasteiger partial charge in [0, 0.05) is 28.5 Å². The SMILES string of the molecule is CC(C)(CN1C(=O)c2cccc3cccc(c23)C1=O)C[N+](C)(C)CCCCCCCC[N+](C)(C)CC#CCOC1=NOCC1. The van der Waals surface area contributed by atoms with Gasteiger partial charge in [-0.3, -0.25) is 14.5 Å². The topological polar surface area (TPSA) is 68.2 Å². The number of unbranched alkanes of at least 4 members (excludes halogenated alkanes) is 5. The third-order valence-electron chi connectivity index (χ3n) is 8.59. The maximum Gasteiger partial charge on any atom is 0.261 e. The van der Waals surface area contributed by atoms with E-state index in [0.717, 1.165) is 52.3 Å². The monoisotopic (exact) mass is 604 g/mol. The number of quaternary nitrogens is 2. The molecule has 0 bridgehead atoms. The van der Waals surface area contributed by atoms with E-state index in [0.29, 0.717) is 36.8 Å². The molecule has 2 aromatic rings. The lowest BCUT2D eigenvalue weighted by molar-refractivity contribution is -0.896. The zero-order valence-corrected chi connectivity index (χ0v) is 27.8. The first-order valence-electron chi connectivity index (χ1n) is 16.2. The van der Waals surface area contributed by atoms with Crippen LogP contribution in [0.3, 0.4) is 0 Å². The summed E-state index contributed by atoms with van der Waals surface area (Å²) >= 11 is 0. The lowest BCUT2D eigenvalue weighted by Crippen LogP contribution is -2.52. The standard InChI is InChI=1S/C36H52N4O4/c1-36(2,27-38-34(41)30-19-15-17-29-18-16-20-31(33(29)30)35(38)42)28-40(5,6)24-12-10-8-7-9-11-22-39(3,4)23-13-14-25-43-32-21-26-44-37-32/h15-20H,7-12,21-28H2,1-6H3/q+2. The Labute approximate surface area is 264 Å². The van der Waals surface area contributed by atoms with Gasteiger partial charge in [-0.2, -0.15) is 0 Å². The quantitative estimate of drug-likeness (QED) is 0.113. The van der Waals surface area contributed by atoms with Gasteiger partial charge in [0.15, 0.2) is 6.61 Å². The van der Waals surface area contributed by atoms with Crippen LogP contribution in [0.1, 0.15) is 79.5 Å². The van der Waals surface area contributed by atoms with Crippen molar-refractivity contribution in [3.8, 4) is 11.8 Å². The Balaban J connectivity index is 1.12. The van der Waals surface area contributed by atoms with Crippen LogP contribution < -0.4 is 0 Å². The number of ether oxygens (including phenoxy) is 1. The fourth-order valence-corrected chi connectivity index (χ4v) is 6.64. The fourth-order valence-electron chi connectivity index (χ4n) is 6.64. The van der Waals surface area contributed by atoms with Crippen LogP contribution in [0.5, 0.6) is 0 Å². The van der Waals surface area contributed by atoms with Crippen molar-refractivity contribution < 1.29 is 28.1 Å². The van der Waals surface area contributed by atoms with Crippen molar-refractivity contribution >= 4 is 28.5 Å². The maximum atomic E-state index is 13.4. The molecule has 0 saturated carbocycles. The number of rotatable bonds is 15. The van der Waals surface area contributed by atoms with Crippen LogP contribution in [0.2, 0.25) is 0 Å². The van der Waals surface area contributed by atoms with Gasteiger partial charge in [-0.15, -0.1) is 0 Å². The molecule has 4 rings (SSSR count). The molecule has 8 heteroatoms. The van der Waals surface area contributed by atoms with E-state index in [4.69, 9.17) is 9.57 Å². The van der Waals surface area contributed by atoms with E-state index in [9.17, 15) is 9.59 Å². The molecular weight excluding hydrogens is 552 g/mol. The number of carbonyl (C=O) groups excluding carboxylic acids is 2. The number of oxime groups is 1. The van der Waals surface area contributed by atoms with Crippen molar-refractivity contribution in [2.24, 2.45) is 10.6 Å². The summed E-state index contributed by atoms with van der Waals surface area (Å²) < 4.78 is 7.25. The van der Waals surface area contributed by atoms with E-state index >= 15 is 0 Å². The van der Waals surface area contributed by atoms with Crippen molar-refractivity contribution in [3.63, 3.8) is 0 Å². The maximum absolute atomic E-state index is 13.4. The molecule has 0 unspecified atom stereocenters. The number of hydrogen-bond acceptors (Lipinski definition) is 5. The van der Waals surface area contributed by atoms with Crippen LogP contribution in [0.25, 0.3) is 10.8 Å². The Hall–Kier alpha value is -3.41. The third kappa shape index (κ3) is 9.30. The van der Waals surface area contributed by atoms with Crippen LogP contribution in [-0.4, -0.2) is 106 Å². The Bertz CT molecular complexity index is 1370. The molecule has 0 fully saturated rings. The fraction of sp³-hybridized carbons (Fsp3) is 0.583. The van der Waals surface area contributed by atoms with Gasteiger partial charge in [0.1, 0.15) is 13.2 Å². The van der Waals surface area contributed by atoms with Gasteiger partial charge in [-0.1, -0.05) is 62.0 Å². The van der Waals surface area contributed by atoms with Gasteiger partial charge in [0.05, 0.1) is 54.2 Å². The van der Waals surface area contributed by atoms with Crippen LogP contribution >= 0.6 is 0 Å². The Morgan fingerprint density at radius 2 is 1.45 bits per heavy atom. The number of benzene rings is 2. The molecule has 2 heterocycles. The number of hydrogen-bond donors (Lipinski definition) is 0. The molecule has 2 aliphatic heterocycles. The minimum absolute atomic E-state index is 0.177. The average Bonchev–Trinajstić information content (AvgIpc) is 3.48. The van der Waals surface area contributed by atoms with Gasteiger partial charge < -0.3 is 18.5 Å². The van der Waals surface area contributed by atoms with Crippen LogP contribution in [-0.2, 0) is 9.57 Å². The van der Waals surface area contributed by atoms with Gasteiger partial charge in [0.2, 0.25) is 5.90 Å². The molecule has 0 saturated heterocycles. The summed E-state index contributed by atoms with van der Waals surface area (Å²) in [5, 5.41) is 5.55. The summed E-state index contributed by atoms with van der Waals surface area (Å²) in [6, 6.07) is 11.4. The first kappa shape index (κ1) is 33.5. The molecule has 0 aliphatic carbocycles. The second kappa shape index (κ2) is 14.6. The van der Waals surface area contributed by atoms with E-state index in [1.54, 1.807) is 0 Å². The highest BCUT2D eigenvalue weighted by Gasteiger charge is 2.38. The predicted octanol–water partition coefficient (Wildman–Crippen LogP) is 5.71. The smallest absolute Gasteiger partial charge is 0.261 e. The summed E-state index contributed by atoms with van der Waals surface area (Å²) in [7, 11) is 9.01. The molecule has 44 heavy (non-hydrogen) atoms. The van der Waals surface area contributed by atoms with E-state index in [2.05, 4.69) is 59.0 Å². The minimum atomic E-state index is -0.211. The summed E-state index contributed by atoms with van der Waals surface area (Å²) in [6.45, 7) is 9.65. The summed E-state index contributed by atoms with van der Waals surface area (Å²) in [5.74, 6) is 6.63. The molecule has 0 N–H and O–H groups in total. The lowest BCUT2D eigenvalue weighted by Gasteiger charge is -2.40. The average molecular weight is 605 g/mol. The first-order chi connectivity index (χ1) is 20.9. The van der Waals surface area contributed by atoms with Crippen LogP contribution in [0, 0.1) is 17.3 Å². The molecular formula is C36H52N4O4+2.